The number of benzene rings is 2. The summed E-state index contributed by atoms with van der Waals surface area (Å²) < 4.78 is 1.15. The van der Waals surface area contributed by atoms with Crippen LogP contribution >= 0.6 is 15.9 Å². The molecule has 2 bridgehead atoms. The molecule has 1 fully saturated rings. The second-order valence-electron chi connectivity index (χ2n) is 7.11. The van der Waals surface area contributed by atoms with E-state index < -0.39 is 0 Å². The smallest absolute Gasteiger partial charge is 0.256 e. The van der Waals surface area contributed by atoms with Gasteiger partial charge in [-0.2, -0.15) is 0 Å². The van der Waals surface area contributed by atoms with Crippen LogP contribution in [0, 0.1) is 10.8 Å². The van der Waals surface area contributed by atoms with Crippen molar-refractivity contribution in [3.63, 3.8) is 0 Å². The molecule has 1 aliphatic carbocycles. The second kappa shape index (κ2) is 6.77. The van der Waals surface area contributed by atoms with Gasteiger partial charge in [-0.15, -0.1) is 0 Å². The molecule has 2 aromatic carbocycles. The van der Waals surface area contributed by atoms with Crippen LogP contribution in [0.15, 0.2) is 46.9 Å². The van der Waals surface area contributed by atoms with Crippen molar-refractivity contribution in [2.24, 2.45) is 5.92 Å². The van der Waals surface area contributed by atoms with Crippen LogP contribution in [-0.2, 0) is 19.4 Å². The first kappa shape index (κ1) is 16.0. The fourth-order valence-corrected chi connectivity index (χ4v) is 4.80. The Labute approximate surface area is 151 Å². The molecule has 3 nitrogen and oxygen atoms in total. The molecule has 4 heteroatoms. The van der Waals surface area contributed by atoms with Gasteiger partial charge in [0.15, 0.2) is 0 Å². The largest absolute Gasteiger partial charge is 0.296 e. The highest BCUT2D eigenvalue weighted by Gasteiger charge is 2.33. The number of nitroso groups, excluding NO2 is 1. The van der Waals surface area contributed by atoms with Crippen molar-refractivity contribution in [3.8, 4) is 0 Å². The minimum absolute atomic E-state index is 0.571. The molecule has 0 aromatic heterocycles. The van der Waals surface area contributed by atoms with E-state index in [0.29, 0.717) is 12.0 Å². The van der Waals surface area contributed by atoms with E-state index in [2.05, 4.69) is 56.3 Å². The van der Waals surface area contributed by atoms with E-state index in [1.807, 2.05) is 12.1 Å². The van der Waals surface area contributed by atoms with Crippen molar-refractivity contribution in [1.29, 1.82) is 0 Å². The molecule has 24 heavy (non-hydrogen) atoms. The molecule has 0 amide bonds. The average Bonchev–Trinajstić information content (AvgIpc) is 2.55. The normalized spacial score (nSPS) is 23.4. The summed E-state index contributed by atoms with van der Waals surface area (Å²) in [6, 6.07) is 15.3. The Morgan fingerprint density at radius 1 is 1.12 bits per heavy atom. The van der Waals surface area contributed by atoms with Crippen molar-refractivity contribution in [2.45, 2.75) is 38.3 Å². The van der Waals surface area contributed by atoms with Crippen LogP contribution < -0.4 is 5.18 Å². The lowest BCUT2D eigenvalue weighted by Crippen LogP contribution is -2.57. The SMILES string of the molecule is O=[NH+]c1cccc2c1CC1CCC(C2)N(Cc2cccc(Br)c2)C1. The van der Waals surface area contributed by atoms with E-state index in [-0.39, 0.29) is 0 Å². The van der Waals surface area contributed by atoms with Crippen LogP contribution in [0.25, 0.3) is 0 Å². The summed E-state index contributed by atoms with van der Waals surface area (Å²) in [6.45, 7) is 2.14. The molecule has 0 saturated carbocycles. The summed E-state index contributed by atoms with van der Waals surface area (Å²) in [6.07, 6.45) is 4.59. The molecular weight excluding hydrogens is 364 g/mol. The summed E-state index contributed by atoms with van der Waals surface area (Å²) in [5.74, 6) is 0.641. The first-order valence-corrected chi connectivity index (χ1v) is 9.49. The van der Waals surface area contributed by atoms with Gasteiger partial charge >= 0.3 is 0 Å². The summed E-state index contributed by atoms with van der Waals surface area (Å²) in [5, 5.41) is 2.15. The molecule has 124 valence electrons. The number of hydrogen-bond acceptors (Lipinski definition) is 2. The fraction of sp³-hybridized carbons (Fsp3) is 0.400. The minimum Gasteiger partial charge on any atom is -0.296 e. The van der Waals surface area contributed by atoms with Gasteiger partial charge in [0.25, 0.3) is 5.69 Å². The number of nitrogens with one attached hydrogen (secondary N) is 1. The first-order chi connectivity index (χ1) is 11.7. The van der Waals surface area contributed by atoms with E-state index in [4.69, 9.17) is 0 Å². The van der Waals surface area contributed by atoms with Gasteiger partial charge in [0.1, 0.15) is 0 Å². The highest BCUT2D eigenvalue weighted by Crippen LogP contribution is 2.34. The molecule has 2 atom stereocenters. The summed E-state index contributed by atoms with van der Waals surface area (Å²) in [4.78, 5) is 13.9. The van der Waals surface area contributed by atoms with E-state index in [1.54, 1.807) is 0 Å². The quantitative estimate of drug-likeness (QED) is 0.879. The highest BCUT2D eigenvalue weighted by atomic mass is 79.9. The molecule has 1 saturated heterocycles. The first-order valence-electron chi connectivity index (χ1n) is 8.70. The summed E-state index contributed by atoms with van der Waals surface area (Å²) in [7, 11) is 0. The van der Waals surface area contributed by atoms with Gasteiger partial charge in [-0.1, -0.05) is 40.2 Å². The van der Waals surface area contributed by atoms with Crippen LogP contribution in [-0.4, -0.2) is 17.5 Å². The summed E-state index contributed by atoms with van der Waals surface area (Å²) in [5.41, 5.74) is 4.75. The zero-order chi connectivity index (χ0) is 16.5. The monoisotopic (exact) mass is 385 g/mol. The number of piperidine rings is 1. The van der Waals surface area contributed by atoms with Crippen LogP contribution in [0.1, 0.15) is 29.5 Å². The standard InChI is InChI=1S/C20H21BrN2O/c21-17-5-1-3-14(9-17)12-23-13-15-7-8-18(23)11-16-4-2-6-20(22-24)19(16)10-15/h1-6,9,15,18H,7-8,10-13H2/p+1. The topological polar surface area (TPSA) is 34.3 Å². The zero-order valence-corrected chi connectivity index (χ0v) is 15.3. The number of halogens is 1. The Morgan fingerprint density at radius 2 is 2.00 bits per heavy atom. The van der Waals surface area contributed by atoms with Gasteiger partial charge in [-0.05, 0) is 54.9 Å². The predicted molar refractivity (Wildman–Crippen MR) is 98.9 cm³/mol. The van der Waals surface area contributed by atoms with Crippen molar-refractivity contribution in [1.82, 2.24) is 4.90 Å². The number of rotatable bonds is 3. The number of fused-ring (bicyclic) bond motifs is 2. The Balaban J connectivity index is 1.62. The number of nitrogens with zero attached hydrogens (tertiary/aromatic N) is 1. The van der Waals surface area contributed by atoms with Gasteiger partial charge in [0, 0.05) is 45.3 Å². The Hall–Kier alpha value is -1.52. The molecular formula is C20H22BrN2O+. The van der Waals surface area contributed by atoms with E-state index >= 15 is 0 Å². The fourth-order valence-electron chi connectivity index (χ4n) is 4.35. The molecule has 1 N–H and O–H groups in total. The van der Waals surface area contributed by atoms with Crippen molar-refractivity contribution >= 4 is 21.6 Å². The van der Waals surface area contributed by atoms with E-state index in [9.17, 15) is 4.91 Å². The van der Waals surface area contributed by atoms with Gasteiger partial charge in [0.05, 0.1) is 0 Å². The lowest BCUT2D eigenvalue weighted by atomic mass is 9.79. The molecule has 2 heterocycles. The molecule has 0 radical (unpaired) electrons. The third-order valence-electron chi connectivity index (χ3n) is 5.52. The molecule has 2 unspecified atom stereocenters. The van der Waals surface area contributed by atoms with Crippen molar-refractivity contribution in [2.75, 3.05) is 6.54 Å². The molecule has 0 spiro atoms. The zero-order valence-electron chi connectivity index (χ0n) is 13.7. The third-order valence-corrected chi connectivity index (χ3v) is 6.02. The van der Waals surface area contributed by atoms with E-state index in [0.717, 1.165) is 36.1 Å². The minimum atomic E-state index is 0.571. The Morgan fingerprint density at radius 3 is 2.83 bits per heavy atom. The van der Waals surface area contributed by atoms with Crippen LogP contribution in [0.2, 0.25) is 0 Å². The molecule has 5 rings (SSSR count). The average molecular weight is 386 g/mol. The lowest BCUT2D eigenvalue weighted by molar-refractivity contribution is -0.380. The van der Waals surface area contributed by atoms with E-state index in [1.165, 1.54) is 29.5 Å². The highest BCUT2D eigenvalue weighted by molar-refractivity contribution is 9.10. The van der Waals surface area contributed by atoms with Gasteiger partial charge in [-0.3, -0.25) is 4.90 Å². The van der Waals surface area contributed by atoms with Gasteiger partial charge < -0.3 is 0 Å². The van der Waals surface area contributed by atoms with Crippen LogP contribution in [0.3, 0.4) is 0 Å². The number of hydrogen-bond donors (Lipinski definition) is 1. The maximum atomic E-state index is 11.3. The maximum absolute atomic E-state index is 11.3. The Bertz CT molecular complexity index is 761. The lowest BCUT2D eigenvalue weighted by Gasteiger charge is -2.42. The van der Waals surface area contributed by atoms with Gasteiger partial charge in [0.2, 0.25) is 0 Å². The van der Waals surface area contributed by atoms with Crippen LogP contribution in [0.5, 0.6) is 0 Å². The Kier molecular flexibility index (Phi) is 4.51. The van der Waals surface area contributed by atoms with Crippen LogP contribution in [0.4, 0.5) is 5.69 Å². The second-order valence-corrected chi connectivity index (χ2v) is 8.03. The molecule has 2 aromatic rings. The maximum Gasteiger partial charge on any atom is 0.256 e. The predicted octanol–water partition coefficient (Wildman–Crippen LogP) is 3.31. The molecule has 2 aliphatic heterocycles. The third kappa shape index (κ3) is 3.17. The van der Waals surface area contributed by atoms with Crippen molar-refractivity contribution < 1.29 is 5.18 Å². The van der Waals surface area contributed by atoms with Crippen molar-refractivity contribution in [3.05, 3.63) is 68.5 Å². The molecule has 3 aliphatic rings. The summed E-state index contributed by atoms with van der Waals surface area (Å²) >= 11 is 3.58. The van der Waals surface area contributed by atoms with Gasteiger partial charge in [-0.25, -0.2) is 0 Å².